The van der Waals surface area contributed by atoms with Gasteiger partial charge in [-0.2, -0.15) is 0 Å². The van der Waals surface area contributed by atoms with E-state index in [0.717, 1.165) is 0 Å². The molecule has 0 rings (SSSR count). The molecular formula is C3H8AlClN+. The van der Waals surface area contributed by atoms with E-state index in [9.17, 15) is 0 Å². The average Bonchev–Trinajstić information content (AvgIpc) is 1.36. The fourth-order valence-electron chi connectivity index (χ4n) is 0. The molecule has 34 valence electrons. The predicted molar refractivity (Wildman–Crippen MR) is 28.4 cm³/mol. The zero-order valence-electron chi connectivity index (χ0n) is 4.11. The average molecular weight is 121 g/mol. The van der Waals surface area contributed by atoms with Crippen LogP contribution in [0.15, 0.2) is 0 Å². The second-order valence-electron chi connectivity index (χ2n) is 1.49. The van der Waals surface area contributed by atoms with Gasteiger partial charge in [-0.3, -0.25) is 0 Å². The molecule has 0 N–H and O–H groups in total. The van der Waals surface area contributed by atoms with Crippen molar-refractivity contribution in [2.24, 2.45) is 0 Å². The van der Waals surface area contributed by atoms with Crippen molar-refractivity contribution in [1.82, 2.24) is 0 Å². The van der Waals surface area contributed by atoms with E-state index < -0.39 is 0 Å². The number of nitrogens with zero attached hydrogens (tertiary/aromatic N) is 1. The summed E-state index contributed by atoms with van der Waals surface area (Å²) in [4.78, 5) is 0. The Morgan fingerprint density at radius 1 is 1.67 bits per heavy atom. The van der Waals surface area contributed by atoms with Crippen molar-refractivity contribution in [3.8, 4) is 0 Å². The normalized spacial score (nSPS) is 9.17. The van der Waals surface area contributed by atoms with Crippen LogP contribution in [0.3, 0.4) is 0 Å². The van der Waals surface area contributed by atoms with Crippen molar-refractivity contribution < 1.29 is 3.03 Å². The van der Waals surface area contributed by atoms with Crippen LogP contribution in [0.25, 0.3) is 0 Å². The molecule has 0 radical (unpaired) electrons. The van der Waals surface area contributed by atoms with Crippen molar-refractivity contribution >= 4 is 27.9 Å². The molecule has 0 saturated carbocycles. The first-order valence-electron chi connectivity index (χ1n) is 1.90. The van der Waals surface area contributed by atoms with E-state index in [4.69, 9.17) is 11.8 Å². The molecule has 0 aliphatic heterocycles. The number of hydrogen-bond donors (Lipinski definition) is 0. The molecule has 0 unspecified atom stereocenters. The van der Waals surface area contributed by atoms with Crippen molar-refractivity contribution in [1.29, 1.82) is 0 Å². The molecule has 0 aromatic rings. The summed E-state index contributed by atoms with van der Waals surface area (Å²) in [7, 11) is 0. The van der Waals surface area contributed by atoms with Gasteiger partial charge in [0, 0.05) is 0 Å². The molecule has 0 spiro atoms. The molecule has 0 aromatic heterocycles. The third-order valence-corrected chi connectivity index (χ3v) is 1.68. The molecule has 0 saturated heterocycles. The Hall–Kier alpha value is 0.622. The summed E-state index contributed by atoms with van der Waals surface area (Å²) in [5.74, 6) is 0. The number of halogens is 1. The molecule has 0 bridgehead atoms. The Morgan fingerprint density at radius 3 is 1.83 bits per heavy atom. The summed E-state index contributed by atoms with van der Waals surface area (Å²) in [5, 5.41) is 0. The third kappa shape index (κ3) is 2.84. The monoisotopic (exact) mass is 120 g/mol. The van der Waals surface area contributed by atoms with E-state index in [2.05, 4.69) is 0 Å². The fourth-order valence-corrected chi connectivity index (χ4v) is 0. The maximum absolute atomic E-state index is 5.46. The second kappa shape index (κ2) is 2.74. The first-order valence-corrected chi connectivity index (χ1v) is 2.87. The van der Waals surface area contributed by atoms with E-state index in [0.29, 0.717) is 6.04 Å². The zero-order valence-corrected chi connectivity index (χ0v) is 6.28. The van der Waals surface area contributed by atoms with E-state index in [-0.39, 0.29) is 0 Å². The summed E-state index contributed by atoms with van der Waals surface area (Å²) >= 11 is 7.12. The second-order valence-corrected chi connectivity index (χ2v) is 3.01. The fraction of sp³-hybridized carbons (Fsp3) is 1.00. The van der Waals surface area contributed by atoms with Crippen molar-refractivity contribution in [2.75, 3.05) is 0 Å². The van der Waals surface area contributed by atoms with Gasteiger partial charge < -0.3 is 0 Å². The van der Waals surface area contributed by atoms with Crippen molar-refractivity contribution in [3.05, 3.63) is 0 Å². The Labute approximate surface area is 51.2 Å². The molecule has 0 aliphatic carbocycles. The first kappa shape index (κ1) is 6.62. The van der Waals surface area contributed by atoms with Gasteiger partial charge in [-0.05, 0) is 0 Å². The van der Waals surface area contributed by atoms with Crippen LogP contribution in [0.1, 0.15) is 13.8 Å². The van der Waals surface area contributed by atoms with E-state index in [1.165, 1.54) is 0 Å². The summed E-state index contributed by atoms with van der Waals surface area (Å²) < 4.78 is 1.67. The topological polar surface area (TPSA) is 3.01 Å². The van der Waals surface area contributed by atoms with Gasteiger partial charge in [0.1, 0.15) is 0 Å². The van der Waals surface area contributed by atoms with E-state index in [1.54, 1.807) is 19.1 Å². The quantitative estimate of drug-likeness (QED) is 0.353. The molecular weight excluding hydrogens is 112 g/mol. The standard InChI is InChI=1S/C3H7ClN.Al.H/c1-3(2)5-4;;/h3H,1-2H3;;/q-1;+2;. The SMILES string of the molecule is CC(C)[N+](=[AlH])Cl. The zero-order chi connectivity index (χ0) is 5.15. The van der Waals surface area contributed by atoms with Gasteiger partial charge in [0.2, 0.25) is 0 Å². The minimum absolute atomic E-state index is 0.463. The van der Waals surface area contributed by atoms with Crippen LogP contribution in [-0.4, -0.2) is 25.2 Å². The van der Waals surface area contributed by atoms with E-state index >= 15 is 0 Å². The Balaban J connectivity index is 3.26. The molecule has 0 amide bonds. The molecule has 0 atom stereocenters. The van der Waals surface area contributed by atoms with Gasteiger partial charge in [-0.1, -0.05) is 0 Å². The molecule has 0 aromatic carbocycles. The Bertz CT molecular complexity index is 61.8. The van der Waals surface area contributed by atoms with Crippen LogP contribution < -0.4 is 0 Å². The van der Waals surface area contributed by atoms with Gasteiger partial charge >= 0.3 is 50.8 Å². The van der Waals surface area contributed by atoms with E-state index in [1.807, 2.05) is 13.8 Å². The molecule has 0 heterocycles. The summed E-state index contributed by atoms with van der Waals surface area (Å²) in [5.41, 5.74) is 0. The number of rotatable bonds is 1. The Kier molecular flexibility index (Phi) is 3.02. The van der Waals surface area contributed by atoms with Crippen molar-refractivity contribution in [3.63, 3.8) is 0 Å². The van der Waals surface area contributed by atoms with Gasteiger partial charge in [0.15, 0.2) is 0 Å². The third-order valence-electron chi connectivity index (χ3n) is 0.560. The minimum atomic E-state index is 0.463. The van der Waals surface area contributed by atoms with Gasteiger partial charge in [-0.25, -0.2) is 0 Å². The number of hydrogen-bond acceptors (Lipinski definition) is 0. The predicted octanol–water partition coefficient (Wildman–Crippen LogP) is 0.645. The summed E-state index contributed by atoms with van der Waals surface area (Å²) in [6.45, 7) is 4.08. The van der Waals surface area contributed by atoms with Gasteiger partial charge in [0.05, 0.1) is 0 Å². The summed E-state index contributed by atoms with van der Waals surface area (Å²) in [6.07, 6.45) is 0. The first-order chi connectivity index (χ1) is 2.64. The van der Waals surface area contributed by atoms with Crippen LogP contribution in [0.4, 0.5) is 0 Å². The molecule has 3 heteroatoms. The molecule has 0 aliphatic rings. The van der Waals surface area contributed by atoms with Crippen LogP contribution in [-0.2, 0) is 0 Å². The van der Waals surface area contributed by atoms with Gasteiger partial charge in [-0.15, -0.1) is 0 Å². The Morgan fingerprint density at radius 2 is 1.83 bits per heavy atom. The molecule has 0 fully saturated rings. The van der Waals surface area contributed by atoms with Gasteiger partial charge in [0.25, 0.3) is 0 Å². The van der Waals surface area contributed by atoms with Crippen LogP contribution in [0.5, 0.6) is 0 Å². The molecule has 6 heavy (non-hydrogen) atoms. The molecule has 1 nitrogen and oxygen atoms in total. The van der Waals surface area contributed by atoms with Crippen LogP contribution >= 0.6 is 11.8 Å². The maximum atomic E-state index is 5.46. The van der Waals surface area contributed by atoms with Crippen LogP contribution in [0.2, 0.25) is 0 Å². The van der Waals surface area contributed by atoms with Crippen LogP contribution in [0, 0.1) is 0 Å². The summed E-state index contributed by atoms with van der Waals surface area (Å²) in [6, 6.07) is 0.463. The van der Waals surface area contributed by atoms with Crippen molar-refractivity contribution in [2.45, 2.75) is 19.9 Å².